The van der Waals surface area contributed by atoms with Crippen molar-refractivity contribution in [1.82, 2.24) is 0 Å². The van der Waals surface area contributed by atoms with Gasteiger partial charge in [0.25, 0.3) is 0 Å². The van der Waals surface area contributed by atoms with Gasteiger partial charge < -0.3 is 4.74 Å². The van der Waals surface area contributed by atoms with Gasteiger partial charge in [-0.25, -0.2) is 4.79 Å². The average molecular weight is 493 g/mol. The Bertz CT molecular complexity index is 948. The molecule has 0 N–H and O–H groups in total. The summed E-state index contributed by atoms with van der Waals surface area (Å²) in [6.45, 7) is 0. The topological polar surface area (TPSA) is 26.3 Å². The highest BCUT2D eigenvalue weighted by Crippen LogP contribution is 2.29. The van der Waals surface area contributed by atoms with Crippen LogP contribution in [0, 0.1) is 3.57 Å². The zero-order valence-corrected chi connectivity index (χ0v) is 16.7. The molecule has 0 aromatic heterocycles. The second-order valence-electron chi connectivity index (χ2n) is 5.29. The maximum Gasteiger partial charge on any atom is 0.337 e. The molecule has 0 saturated heterocycles. The molecule has 0 amide bonds. The van der Waals surface area contributed by atoms with E-state index in [9.17, 15) is 4.79 Å². The Balaban J connectivity index is 1.91. The lowest BCUT2D eigenvalue weighted by Crippen LogP contribution is -2.00. The van der Waals surface area contributed by atoms with E-state index in [2.05, 4.69) is 68.9 Å². The average Bonchev–Trinajstić information content (AvgIpc) is 2.62. The fourth-order valence-corrected chi connectivity index (χ4v) is 3.43. The van der Waals surface area contributed by atoms with Crippen LogP contribution in [0.3, 0.4) is 0 Å². The first kappa shape index (κ1) is 17.2. The second kappa shape index (κ2) is 7.49. The van der Waals surface area contributed by atoms with Crippen LogP contribution >= 0.6 is 38.5 Å². The molecular formula is C20H14BrIO2. The Kier molecular flexibility index (Phi) is 5.36. The Morgan fingerprint density at radius 3 is 2.54 bits per heavy atom. The van der Waals surface area contributed by atoms with Crippen molar-refractivity contribution in [3.8, 4) is 0 Å². The first-order valence-electron chi connectivity index (χ1n) is 7.33. The van der Waals surface area contributed by atoms with Gasteiger partial charge in [0.15, 0.2) is 0 Å². The molecule has 0 unspecified atom stereocenters. The molecule has 3 aromatic carbocycles. The molecule has 0 spiro atoms. The first-order valence-corrected chi connectivity index (χ1v) is 9.20. The van der Waals surface area contributed by atoms with Crippen LogP contribution in [0.15, 0.2) is 59.1 Å². The highest BCUT2D eigenvalue weighted by atomic mass is 127. The zero-order valence-electron chi connectivity index (χ0n) is 12.9. The number of benzene rings is 3. The highest BCUT2D eigenvalue weighted by Gasteiger charge is 2.05. The third-order valence-corrected chi connectivity index (χ3v) is 6.20. The first-order chi connectivity index (χ1) is 11.6. The van der Waals surface area contributed by atoms with Gasteiger partial charge in [-0.05, 0) is 84.7 Å². The van der Waals surface area contributed by atoms with E-state index in [0.29, 0.717) is 5.56 Å². The van der Waals surface area contributed by atoms with Crippen LogP contribution in [0.5, 0.6) is 0 Å². The Labute approximate surface area is 162 Å². The summed E-state index contributed by atoms with van der Waals surface area (Å²) in [5.74, 6) is -0.324. The molecule has 0 aliphatic carbocycles. The molecule has 3 aromatic rings. The van der Waals surface area contributed by atoms with Gasteiger partial charge in [0.1, 0.15) is 0 Å². The number of carbonyl (C=O) groups is 1. The minimum absolute atomic E-state index is 0.324. The molecule has 0 heterocycles. The van der Waals surface area contributed by atoms with Gasteiger partial charge in [-0.3, -0.25) is 0 Å². The summed E-state index contributed by atoms with van der Waals surface area (Å²) in [6.07, 6.45) is 4.04. The van der Waals surface area contributed by atoms with Gasteiger partial charge in [0.05, 0.1) is 12.7 Å². The molecule has 0 saturated carbocycles. The molecule has 120 valence electrons. The van der Waals surface area contributed by atoms with E-state index in [4.69, 9.17) is 4.74 Å². The molecule has 0 aliphatic heterocycles. The number of carbonyl (C=O) groups excluding carboxylic acids is 1. The lowest BCUT2D eigenvalue weighted by Gasteiger charge is -2.04. The van der Waals surface area contributed by atoms with E-state index in [1.54, 1.807) is 6.07 Å². The standard InChI is InChI=1S/C20H14BrIO2/c1-24-20(23)16-4-2-3-13(12-16)5-6-14-7-9-17-15(11-14)8-10-18(22)19(17)21/h2-12H,1H3/b6-5+. The van der Waals surface area contributed by atoms with Crippen LogP contribution in [0.25, 0.3) is 22.9 Å². The lowest BCUT2D eigenvalue weighted by atomic mass is 10.1. The third-order valence-electron chi connectivity index (χ3n) is 3.71. The molecule has 0 bridgehead atoms. The van der Waals surface area contributed by atoms with Crippen molar-refractivity contribution >= 4 is 67.4 Å². The van der Waals surface area contributed by atoms with Gasteiger partial charge in [-0.15, -0.1) is 0 Å². The molecule has 4 heteroatoms. The van der Waals surface area contributed by atoms with Gasteiger partial charge in [0, 0.05) is 8.04 Å². The third kappa shape index (κ3) is 3.70. The van der Waals surface area contributed by atoms with Crippen LogP contribution in [0.2, 0.25) is 0 Å². The summed E-state index contributed by atoms with van der Waals surface area (Å²) in [6, 6.07) is 18.0. The number of methoxy groups -OCH3 is 1. The number of halogens is 2. The van der Waals surface area contributed by atoms with E-state index in [1.807, 2.05) is 30.4 Å². The SMILES string of the molecule is COC(=O)c1cccc(/C=C/c2ccc3c(Br)c(I)ccc3c2)c1. The lowest BCUT2D eigenvalue weighted by molar-refractivity contribution is 0.0600. The molecule has 24 heavy (non-hydrogen) atoms. The fourth-order valence-electron chi connectivity index (χ4n) is 2.47. The largest absolute Gasteiger partial charge is 0.465 e. The van der Waals surface area contributed by atoms with Crippen LogP contribution in [-0.2, 0) is 4.74 Å². The Hall–Kier alpha value is -1.66. The molecule has 0 radical (unpaired) electrons. The van der Waals surface area contributed by atoms with Crippen molar-refractivity contribution in [2.24, 2.45) is 0 Å². The number of fused-ring (bicyclic) bond motifs is 1. The molecular weight excluding hydrogens is 479 g/mol. The number of hydrogen-bond donors (Lipinski definition) is 0. The monoisotopic (exact) mass is 492 g/mol. The summed E-state index contributed by atoms with van der Waals surface area (Å²) < 4.78 is 7.08. The predicted octanol–water partition coefficient (Wildman–Crippen LogP) is 6.16. The number of ether oxygens (including phenoxy) is 1. The smallest absolute Gasteiger partial charge is 0.337 e. The van der Waals surface area contributed by atoms with Crippen molar-refractivity contribution in [1.29, 1.82) is 0 Å². The fraction of sp³-hybridized carbons (Fsp3) is 0.0500. The maximum atomic E-state index is 11.6. The number of rotatable bonds is 3. The van der Waals surface area contributed by atoms with Gasteiger partial charge in [-0.2, -0.15) is 0 Å². The van der Waals surface area contributed by atoms with E-state index < -0.39 is 0 Å². The summed E-state index contributed by atoms with van der Waals surface area (Å²) in [4.78, 5) is 11.6. The van der Waals surface area contributed by atoms with E-state index in [1.165, 1.54) is 21.5 Å². The van der Waals surface area contributed by atoms with Crippen molar-refractivity contribution in [3.05, 3.63) is 79.3 Å². The molecule has 0 atom stereocenters. The van der Waals surface area contributed by atoms with Crippen LogP contribution < -0.4 is 0 Å². The van der Waals surface area contributed by atoms with E-state index >= 15 is 0 Å². The number of hydrogen-bond acceptors (Lipinski definition) is 2. The van der Waals surface area contributed by atoms with Gasteiger partial charge in [-0.1, -0.05) is 42.5 Å². The summed E-state index contributed by atoms with van der Waals surface area (Å²) in [7, 11) is 1.39. The van der Waals surface area contributed by atoms with E-state index in [0.717, 1.165) is 15.6 Å². The predicted molar refractivity (Wildman–Crippen MR) is 111 cm³/mol. The van der Waals surface area contributed by atoms with Crippen LogP contribution in [-0.4, -0.2) is 13.1 Å². The minimum Gasteiger partial charge on any atom is -0.465 e. The molecule has 3 rings (SSSR count). The van der Waals surface area contributed by atoms with Gasteiger partial charge >= 0.3 is 5.97 Å². The quantitative estimate of drug-likeness (QED) is 0.248. The maximum absolute atomic E-state index is 11.6. The summed E-state index contributed by atoms with van der Waals surface area (Å²) in [5.41, 5.74) is 2.62. The summed E-state index contributed by atoms with van der Waals surface area (Å²) >= 11 is 5.96. The van der Waals surface area contributed by atoms with Crippen molar-refractivity contribution in [3.63, 3.8) is 0 Å². The van der Waals surface area contributed by atoms with Crippen molar-refractivity contribution in [2.75, 3.05) is 7.11 Å². The summed E-state index contributed by atoms with van der Waals surface area (Å²) in [5, 5.41) is 2.39. The van der Waals surface area contributed by atoms with Crippen molar-refractivity contribution in [2.45, 2.75) is 0 Å². The van der Waals surface area contributed by atoms with Crippen LogP contribution in [0.1, 0.15) is 21.5 Å². The molecule has 0 fully saturated rings. The number of esters is 1. The normalized spacial score (nSPS) is 11.1. The molecule has 2 nitrogen and oxygen atoms in total. The Morgan fingerprint density at radius 1 is 1.04 bits per heavy atom. The van der Waals surface area contributed by atoms with E-state index in [-0.39, 0.29) is 5.97 Å². The van der Waals surface area contributed by atoms with Crippen LogP contribution in [0.4, 0.5) is 0 Å². The minimum atomic E-state index is -0.324. The molecule has 0 aliphatic rings. The second-order valence-corrected chi connectivity index (χ2v) is 7.25. The zero-order chi connectivity index (χ0) is 17.1. The Morgan fingerprint density at radius 2 is 1.79 bits per heavy atom. The van der Waals surface area contributed by atoms with Crippen molar-refractivity contribution < 1.29 is 9.53 Å². The van der Waals surface area contributed by atoms with Gasteiger partial charge in [0.2, 0.25) is 0 Å². The highest BCUT2D eigenvalue weighted by molar-refractivity contribution is 14.1.